The lowest BCUT2D eigenvalue weighted by atomic mass is 10.0. The fraction of sp³-hybridized carbons (Fsp3) is 0.550. The predicted octanol–water partition coefficient (Wildman–Crippen LogP) is 3.12. The molecule has 2 aliphatic rings. The molecule has 0 aromatic carbocycles. The van der Waals surface area contributed by atoms with Crippen molar-refractivity contribution in [3.8, 4) is 0 Å². The van der Waals surface area contributed by atoms with Crippen LogP contribution >= 0.6 is 24.0 Å². The van der Waals surface area contributed by atoms with Crippen molar-refractivity contribution in [3.05, 3.63) is 24.5 Å². The zero-order valence-electron chi connectivity index (χ0n) is 17.1. The molecule has 8 nitrogen and oxygen atoms in total. The van der Waals surface area contributed by atoms with E-state index in [9.17, 15) is 0 Å². The van der Waals surface area contributed by atoms with Gasteiger partial charge in [-0.1, -0.05) is 6.92 Å². The van der Waals surface area contributed by atoms with Gasteiger partial charge in [-0.3, -0.25) is 0 Å². The summed E-state index contributed by atoms with van der Waals surface area (Å²) >= 11 is 6.88. The van der Waals surface area contributed by atoms with Gasteiger partial charge in [0.25, 0.3) is 0 Å². The normalized spacial score (nSPS) is 21.4. The lowest BCUT2D eigenvalue weighted by molar-refractivity contribution is 0.114. The van der Waals surface area contributed by atoms with Gasteiger partial charge in [-0.15, -0.1) is 0 Å². The van der Waals surface area contributed by atoms with Crippen LogP contribution in [-0.2, 0) is 4.74 Å². The SMILES string of the molecule is C[C@H]1CCCN(c2cc(Sc3ncccn3)nc(NC(=S)NC[C@@H]3CCCO3)n2)C1. The van der Waals surface area contributed by atoms with Crippen LogP contribution in [0, 0.1) is 5.92 Å². The second-order valence-corrected chi connectivity index (χ2v) is 9.08. The maximum absolute atomic E-state index is 5.64. The van der Waals surface area contributed by atoms with Crippen molar-refractivity contribution >= 4 is 40.9 Å². The third kappa shape index (κ3) is 5.99. The summed E-state index contributed by atoms with van der Waals surface area (Å²) in [6.07, 6.45) is 8.26. The highest BCUT2D eigenvalue weighted by molar-refractivity contribution is 7.99. The van der Waals surface area contributed by atoms with E-state index in [0.29, 0.717) is 28.7 Å². The summed E-state index contributed by atoms with van der Waals surface area (Å²) in [5.41, 5.74) is 0. The van der Waals surface area contributed by atoms with Gasteiger partial charge in [0.1, 0.15) is 10.8 Å². The molecule has 0 unspecified atom stereocenters. The third-order valence-corrected chi connectivity index (χ3v) is 6.21. The summed E-state index contributed by atoms with van der Waals surface area (Å²) in [7, 11) is 0. The van der Waals surface area contributed by atoms with Crippen LogP contribution in [0.2, 0.25) is 0 Å². The molecule has 0 bridgehead atoms. The minimum Gasteiger partial charge on any atom is -0.376 e. The van der Waals surface area contributed by atoms with E-state index in [2.05, 4.69) is 37.4 Å². The number of piperidine rings is 1. The Balaban J connectivity index is 1.49. The van der Waals surface area contributed by atoms with Gasteiger partial charge < -0.3 is 20.3 Å². The molecule has 2 aromatic rings. The smallest absolute Gasteiger partial charge is 0.232 e. The van der Waals surface area contributed by atoms with Gasteiger partial charge in [0, 0.05) is 44.7 Å². The summed E-state index contributed by atoms with van der Waals surface area (Å²) in [4.78, 5) is 20.3. The van der Waals surface area contributed by atoms with Crippen LogP contribution < -0.4 is 15.5 Å². The molecule has 30 heavy (non-hydrogen) atoms. The van der Waals surface area contributed by atoms with Gasteiger partial charge in [-0.25, -0.2) is 15.0 Å². The van der Waals surface area contributed by atoms with Gasteiger partial charge in [-0.05, 0) is 61.6 Å². The van der Waals surface area contributed by atoms with Crippen molar-refractivity contribution in [2.24, 2.45) is 5.92 Å². The molecule has 0 spiro atoms. The monoisotopic (exact) mass is 445 g/mol. The third-order valence-electron chi connectivity index (χ3n) is 5.15. The van der Waals surface area contributed by atoms with E-state index in [1.807, 2.05) is 6.07 Å². The molecule has 4 rings (SSSR count). The van der Waals surface area contributed by atoms with Gasteiger partial charge in [0.2, 0.25) is 5.95 Å². The Bertz CT molecular complexity index is 848. The second-order valence-electron chi connectivity index (χ2n) is 7.68. The molecule has 0 radical (unpaired) electrons. The van der Waals surface area contributed by atoms with Gasteiger partial charge in [0.05, 0.1) is 6.10 Å². The Morgan fingerprint density at radius 1 is 1.27 bits per heavy atom. The number of hydrogen-bond donors (Lipinski definition) is 2. The van der Waals surface area contributed by atoms with E-state index in [0.717, 1.165) is 43.4 Å². The molecule has 0 amide bonds. The molecule has 4 heterocycles. The molecule has 0 saturated carbocycles. The number of anilines is 2. The van der Waals surface area contributed by atoms with Gasteiger partial charge in [0.15, 0.2) is 10.3 Å². The first kappa shape index (κ1) is 21.2. The minimum absolute atomic E-state index is 0.216. The maximum atomic E-state index is 5.64. The highest BCUT2D eigenvalue weighted by Gasteiger charge is 2.20. The predicted molar refractivity (Wildman–Crippen MR) is 122 cm³/mol. The molecular formula is C20H27N7OS2. The van der Waals surface area contributed by atoms with Crippen LogP contribution in [0.15, 0.2) is 34.7 Å². The standard InChI is InChI=1S/C20H27N7OS2/c1-14-5-2-9-27(13-14)16-11-17(30-20-21-7-4-8-22-20)25-18(24-16)26-19(29)23-12-15-6-3-10-28-15/h4,7-8,11,14-15H,2-3,5-6,9-10,12-13H2,1H3,(H2,23,24,25,26,29)/t14-,15-/m0/s1. The van der Waals surface area contributed by atoms with Crippen molar-refractivity contribution in [1.82, 2.24) is 25.3 Å². The van der Waals surface area contributed by atoms with Crippen LogP contribution in [0.25, 0.3) is 0 Å². The molecule has 2 atom stereocenters. The molecule has 10 heteroatoms. The number of ether oxygens (including phenoxy) is 1. The number of aromatic nitrogens is 4. The molecule has 2 N–H and O–H groups in total. The highest BCUT2D eigenvalue weighted by Crippen LogP contribution is 2.29. The van der Waals surface area contributed by atoms with Crippen LogP contribution in [0.4, 0.5) is 11.8 Å². The van der Waals surface area contributed by atoms with E-state index < -0.39 is 0 Å². The maximum Gasteiger partial charge on any atom is 0.232 e. The Labute approximate surface area is 186 Å². The molecule has 2 aromatic heterocycles. The van der Waals surface area contributed by atoms with Crippen LogP contribution in [0.5, 0.6) is 0 Å². The Morgan fingerprint density at radius 2 is 2.13 bits per heavy atom. The fourth-order valence-electron chi connectivity index (χ4n) is 3.67. The van der Waals surface area contributed by atoms with E-state index in [4.69, 9.17) is 21.9 Å². The quantitative estimate of drug-likeness (QED) is 0.393. The minimum atomic E-state index is 0.216. The van der Waals surface area contributed by atoms with E-state index >= 15 is 0 Å². The molecule has 2 fully saturated rings. The first-order valence-corrected chi connectivity index (χ1v) is 11.6. The average Bonchev–Trinajstić information content (AvgIpc) is 3.27. The lowest BCUT2D eigenvalue weighted by Gasteiger charge is -2.32. The fourth-order valence-corrected chi connectivity index (χ4v) is 4.56. The lowest BCUT2D eigenvalue weighted by Crippen LogP contribution is -2.36. The van der Waals surface area contributed by atoms with Crippen molar-refractivity contribution in [3.63, 3.8) is 0 Å². The van der Waals surface area contributed by atoms with Crippen molar-refractivity contribution in [2.45, 2.75) is 48.9 Å². The zero-order valence-corrected chi connectivity index (χ0v) is 18.7. The second kappa shape index (κ2) is 10.3. The number of hydrogen-bond acceptors (Lipinski definition) is 8. The topological polar surface area (TPSA) is 88.1 Å². The van der Waals surface area contributed by atoms with Gasteiger partial charge in [-0.2, -0.15) is 4.98 Å². The number of thiocarbonyl (C=S) groups is 1. The van der Waals surface area contributed by atoms with Crippen LogP contribution in [0.3, 0.4) is 0 Å². The van der Waals surface area contributed by atoms with Crippen molar-refractivity contribution < 1.29 is 4.74 Å². The Kier molecular flexibility index (Phi) is 7.29. The first-order chi connectivity index (χ1) is 14.7. The summed E-state index contributed by atoms with van der Waals surface area (Å²) < 4.78 is 5.64. The highest BCUT2D eigenvalue weighted by atomic mass is 32.2. The van der Waals surface area contributed by atoms with Crippen LogP contribution in [0.1, 0.15) is 32.6 Å². The molecule has 0 aliphatic carbocycles. The molecule has 2 saturated heterocycles. The average molecular weight is 446 g/mol. The summed E-state index contributed by atoms with van der Waals surface area (Å²) in [6.45, 7) is 5.78. The largest absolute Gasteiger partial charge is 0.376 e. The van der Waals surface area contributed by atoms with E-state index in [1.165, 1.54) is 24.6 Å². The number of nitrogens with zero attached hydrogens (tertiary/aromatic N) is 5. The Morgan fingerprint density at radius 3 is 2.90 bits per heavy atom. The number of rotatable bonds is 6. The number of nitrogens with one attached hydrogen (secondary N) is 2. The summed E-state index contributed by atoms with van der Waals surface area (Å²) in [5.74, 6) is 2.03. The summed E-state index contributed by atoms with van der Waals surface area (Å²) in [6, 6.07) is 3.81. The molecule has 160 valence electrons. The van der Waals surface area contributed by atoms with Crippen LogP contribution in [-0.4, -0.2) is 57.4 Å². The zero-order chi connectivity index (χ0) is 20.8. The molecular weight excluding hydrogens is 418 g/mol. The first-order valence-electron chi connectivity index (χ1n) is 10.4. The van der Waals surface area contributed by atoms with E-state index in [-0.39, 0.29) is 6.10 Å². The van der Waals surface area contributed by atoms with Crippen molar-refractivity contribution in [2.75, 3.05) is 36.5 Å². The van der Waals surface area contributed by atoms with E-state index in [1.54, 1.807) is 18.5 Å². The van der Waals surface area contributed by atoms with Crippen molar-refractivity contribution in [1.29, 1.82) is 0 Å². The molecule has 2 aliphatic heterocycles. The van der Waals surface area contributed by atoms with Gasteiger partial charge >= 0.3 is 0 Å². The summed E-state index contributed by atoms with van der Waals surface area (Å²) in [5, 5.41) is 8.30. The Hall–Kier alpha value is -2.04.